The fourth-order valence-corrected chi connectivity index (χ4v) is 4.63. The molecule has 0 radical (unpaired) electrons. The molecule has 3 aromatic rings. The summed E-state index contributed by atoms with van der Waals surface area (Å²) in [5.41, 5.74) is 7.29. The highest BCUT2D eigenvalue weighted by molar-refractivity contribution is 7.17. The van der Waals surface area contributed by atoms with Crippen LogP contribution in [0.4, 0.5) is 0 Å². The van der Waals surface area contributed by atoms with E-state index in [-0.39, 0.29) is 25.0 Å². The van der Waals surface area contributed by atoms with Crippen LogP contribution < -0.4 is 10.5 Å². The lowest BCUT2D eigenvalue weighted by Crippen LogP contribution is -2.62. The Labute approximate surface area is 194 Å². The van der Waals surface area contributed by atoms with Crippen molar-refractivity contribution in [3.05, 3.63) is 58.7 Å². The first-order valence-corrected chi connectivity index (χ1v) is 11.2. The van der Waals surface area contributed by atoms with Gasteiger partial charge in [0.05, 0.1) is 10.9 Å². The predicted molar refractivity (Wildman–Crippen MR) is 123 cm³/mol. The molecule has 1 aromatic carbocycles. The Hall–Kier alpha value is -2.72. The van der Waals surface area contributed by atoms with Crippen molar-refractivity contribution in [1.82, 2.24) is 14.8 Å². The number of aromatic nitrogens is 1. The van der Waals surface area contributed by atoms with E-state index in [9.17, 15) is 9.59 Å². The first-order valence-electron chi connectivity index (χ1n) is 10.0. The lowest BCUT2D eigenvalue weighted by atomic mass is 10.0. The quantitative estimate of drug-likeness (QED) is 0.565. The molecule has 1 saturated heterocycles. The van der Waals surface area contributed by atoms with Gasteiger partial charge in [0.1, 0.15) is 12.2 Å². The highest BCUT2D eigenvalue weighted by Gasteiger charge is 2.39. The van der Waals surface area contributed by atoms with Crippen LogP contribution >= 0.6 is 22.9 Å². The van der Waals surface area contributed by atoms with Crippen LogP contribution in [0.2, 0.25) is 4.34 Å². The molecule has 0 aliphatic carbocycles. The van der Waals surface area contributed by atoms with Gasteiger partial charge in [-0.05, 0) is 35.2 Å². The summed E-state index contributed by atoms with van der Waals surface area (Å²) in [6.45, 7) is 0.528. The van der Waals surface area contributed by atoms with Crippen molar-refractivity contribution in [1.29, 1.82) is 0 Å². The highest BCUT2D eigenvalue weighted by atomic mass is 35.5. The molecule has 0 saturated carbocycles. The topological polar surface area (TPSA) is 98.0 Å². The summed E-state index contributed by atoms with van der Waals surface area (Å²) in [5.74, 6) is -0.552. The minimum atomic E-state index is -0.771. The number of rotatable bonds is 7. The Bertz CT molecular complexity index is 1120. The van der Waals surface area contributed by atoms with Crippen molar-refractivity contribution in [3.8, 4) is 5.06 Å². The minimum Gasteiger partial charge on any atom is -0.474 e. The molecule has 32 heavy (non-hydrogen) atoms. The van der Waals surface area contributed by atoms with E-state index in [0.29, 0.717) is 22.5 Å². The number of hydrogen-bond acceptors (Lipinski definition) is 7. The Morgan fingerprint density at radius 2 is 2.12 bits per heavy atom. The molecular weight excluding hydrogens is 452 g/mol. The number of hydrogen-bond donors (Lipinski definition) is 1. The second-order valence-corrected chi connectivity index (χ2v) is 9.04. The van der Waals surface area contributed by atoms with Crippen LogP contribution in [-0.2, 0) is 14.3 Å². The van der Waals surface area contributed by atoms with E-state index in [1.165, 1.54) is 23.3 Å². The number of benzene rings is 1. The monoisotopic (exact) mass is 474 g/mol. The first-order chi connectivity index (χ1) is 15.5. The molecular formula is C22H23ClN4O4S. The van der Waals surface area contributed by atoms with Gasteiger partial charge in [0.2, 0.25) is 5.91 Å². The molecule has 1 unspecified atom stereocenters. The summed E-state index contributed by atoms with van der Waals surface area (Å²) in [4.78, 5) is 33.3. The normalized spacial score (nSPS) is 17.6. The third-order valence-corrected chi connectivity index (χ3v) is 6.54. The summed E-state index contributed by atoms with van der Waals surface area (Å²) < 4.78 is 11.4. The van der Waals surface area contributed by atoms with Gasteiger partial charge in [0.15, 0.2) is 11.7 Å². The molecule has 1 aliphatic rings. The smallest absolute Gasteiger partial charge is 0.261 e. The molecule has 10 heteroatoms. The molecule has 4 rings (SSSR count). The van der Waals surface area contributed by atoms with Crippen LogP contribution in [0, 0.1) is 0 Å². The number of piperazine rings is 1. The van der Waals surface area contributed by atoms with Crippen LogP contribution in [0.15, 0.2) is 48.8 Å². The lowest BCUT2D eigenvalue weighted by molar-refractivity contribution is -0.157. The van der Waals surface area contributed by atoms with E-state index in [2.05, 4.69) is 4.98 Å². The summed E-state index contributed by atoms with van der Waals surface area (Å²) in [7, 11) is 1.50. The number of ether oxygens (including phenoxy) is 2. The number of thiophene rings is 1. The summed E-state index contributed by atoms with van der Waals surface area (Å²) in [6.07, 6.45) is 2.86. The molecule has 2 aromatic heterocycles. The van der Waals surface area contributed by atoms with Crippen LogP contribution in [0.3, 0.4) is 0 Å². The van der Waals surface area contributed by atoms with Crippen LogP contribution in [0.25, 0.3) is 10.8 Å². The average Bonchev–Trinajstić information content (AvgIpc) is 3.23. The number of carbonyl (C=O) groups excluding carboxylic acids is 2. The van der Waals surface area contributed by atoms with Crippen LogP contribution in [-0.4, -0.2) is 66.1 Å². The first kappa shape index (κ1) is 22.5. The van der Waals surface area contributed by atoms with Gasteiger partial charge in [0.25, 0.3) is 5.91 Å². The van der Waals surface area contributed by atoms with E-state index in [0.717, 1.165) is 16.3 Å². The maximum absolute atomic E-state index is 13.3. The van der Waals surface area contributed by atoms with Crippen molar-refractivity contribution in [3.63, 3.8) is 0 Å². The molecule has 168 valence electrons. The number of nitrogens with two attached hydrogens (primary N) is 1. The molecule has 2 atom stereocenters. The van der Waals surface area contributed by atoms with E-state index >= 15 is 0 Å². The van der Waals surface area contributed by atoms with E-state index in [1.807, 2.05) is 24.3 Å². The number of halogens is 1. The zero-order valence-corrected chi connectivity index (χ0v) is 19.0. The predicted octanol–water partition coefficient (Wildman–Crippen LogP) is 2.67. The fourth-order valence-electron chi connectivity index (χ4n) is 3.76. The van der Waals surface area contributed by atoms with E-state index in [1.54, 1.807) is 29.4 Å². The fraction of sp³-hybridized carbons (Fsp3) is 0.318. The van der Waals surface area contributed by atoms with Gasteiger partial charge in [-0.15, -0.1) is 0 Å². The third kappa shape index (κ3) is 4.71. The number of fused-ring (bicyclic) bond motifs is 1. The van der Waals surface area contributed by atoms with Gasteiger partial charge in [-0.25, -0.2) is 0 Å². The molecule has 2 amide bonds. The second-order valence-electron chi connectivity index (χ2n) is 7.36. The van der Waals surface area contributed by atoms with Crippen molar-refractivity contribution < 1.29 is 19.1 Å². The maximum atomic E-state index is 13.3. The zero-order valence-electron chi connectivity index (χ0n) is 17.4. The zero-order chi connectivity index (χ0) is 22.7. The van der Waals surface area contributed by atoms with Crippen molar-refractivity contribution >= 4 is 45.5 Å². The summed E-state index contributed by atoms with van der Waals surface area (Å²) in [5, 5.41) is 2.54. The van der Waals surface area contributed by atoms with Crippen molar-refractivity contribution in [2.45, 2.75) is 12.2 Å². The number of pyridine rings is 1. The minimum absolute atomic E-state index is 0.0714. The van der Waals surface area contributed by atoms with Crippen molar-refractivity contribution in [2.24, 2.45) is 5.73 Å². The largest absolute Gasteiger partial charge is 0.474 e. The van der Waals surface area contributed by atoms with Gasteiger partial charge in [-0.1, -0.05) is 35.1 Å². The molecule has 3 heterocycles. The average molecular weight is 475 g/mol. The highest BCUT2D eigenvalue weighted by Crippen LogP contribution is 2.28. The number of amides is 2. The Morgan fingerprint density at radius 3 is 2.88 bits per heavy atom. The maximum Gasteiger partial charge on any atom is 0.261 e. The number of nitrogens with zero attached hydrogens (tertiary/aromatic N) is 3. The summed E-state index contributed by atoms with van der Waals surface area (Å²) in [6, 6.07) is 10.3. The van der Waals surface area contributed by atoms with Crippen LogP contribution in [0.1, 0.15) is 11.7 Å². The van der Waals surface area contributed by atoms with Gasteiger partial charge in [-0.3, -0.25) is 14.6 Å². The Balaban J connectivity index is 1.47. The van der Waals surface area contributed by atoms with Crippen LogP contribution in [0.5, 0.6) is 5.06 Å². The molecule has 0 spiro atoms. The third-order valence-electron chi connectivity index (χ3n) is 5.40. The van der Waals surface area contributed by atoms with Gasteiger partial charge in [-0.2, -0.15) is 0 Å². The molecule has 1 aliphatic heterocycles. The van der Waals surface area contributed by atoms with Gasteiger partial charge in [0, 0.05) is 38.0 Å². The van der Waals surface area contributed by atoms with E-state index < -0.39 is 12.2 Å². The van der Waals surface area contributed by atoms with Gasteiger partial charge < -0.3 is 25.0 Å². The standard InChI is InChI=1S/C22H23ClN4O4S/c1-30-12-17-22(29)27(21(24)15-2-3-16-11-25-7-6-14(16)10-15)9-8-26(17)19(28)13-31-20-5-4-18(23)32-20/h2-7,10-11,17,21H,8-9,12-13,24H2,1H3/t17-,21?/m0/s1. The van der Waals surface area contributed by atoms with Crippen molar-refractivity contribution in [2.75, 3.05) is 33.4 Å². The number of methoxy groups -OCH3 is 1. The molecule has 8 nitrogen and oxygen atoms in total. The Morgan fingerprint density at radius 1 is 1.28 bits per heavy atom. The Kier molecular flexibility index (Phi) is 6.90. The summed E-state index contributed by atoms with van der Waals surface area (Å²) >= 11 is 7.14. The van der Waals surface area contributed by atoms with E-state index in [4.69, 9.17) is 26.8 Å². The number of carbonyl (C=O) groups is 2. The molecule has 0 bridgehead atoms. The van der Waals surface area contributed by atoms with Gasteiger partial charge >= 0.3 is 0 Å². The lowest BCUT2D eigenvalue weighted by Gasteiger charge is -2.42. The molecule has 2 N–H and O–H groups in total. The molecule has 1 fully saturated rings. The SMILES string of the molecule is COC[C@H]1C(=O)N(C(N)c2ccc3cnccc3c2)CCN1C(=O)COc1ccc(Cl)s1. The second kappa shape index (κ2) is 9.83.